The van der Waals surface area contributed by atoms with Crippen molar-refractivity contribution >= 4 is 38.4 Å². The maximum absolute atomic E-state index is 13.4. The monoisotopic (exact) mass is 481 g/mol. The quantitative estimate of drug-likeness (QED) is 0.384. The highest BCUT2D eigenvalue weighted by molar-refractivity contribution is 7.20. The number of aromatic nitrogens is 6. The Morgan fingerprint density at radius 1 is 1.29 bits per heavy atom. The third-order valence-corrected chi connectivity index (χ3v) is 6.75. The minimum Gasteiger partial charge on any atom is -0.458 e. The molecule has 5 heterocycles. The Kier molecular flexibility index (Phi) is 4.74. The Bertz CT molecular complexity index is 1640. The molecule has 11 nitrogen and oxygen atoms in total. The zero-order valence-electron chi connectivity index (χ0n) is 17.4. The lowest BCUT2D eigenvalue weighted by atomic mass is 10.1. The van der Waals surface area contributed by atoms with Crippen LogP contribution in [-0.2, 0) is 19.5 Å². The van der Waals surface area contributed by atoms with Crippen LogP contribution >= 0.6 is 11.3 Å². The standard InChI is InChI=1S/C21H16FN7O4S/c22-11-1-2-14-10(5-11)6-15(33-14)13(30)7-29-26-16(25-27-29)8-28-9-24-20-17(21(28)32)12-3-4-23-19(31)18(12)34-20/h1-2,5-6,9,13,30H,3-4,7-8H2,(H,23,31)/t13-/m0/s1. The van der Waals surface area contributed by atoms with E-state index in [4.69, 9.17) is 4.42 Å². The van der Waals surface area contributed by atoms with E-state index >= 15 is 0 Å². The topological polar surface area (TPSA) is 141 Å². The van der Waals surface area contributed by atoms with E-state index in [-0.39, 0.29) is 36.1 Å². The highest BCUT2D eigenvalue weighted by atomic mass is 32.1. The van der Waals surface area contributed by atoms with Gasteiger partial charge in [-0.1, -0.05) is 0 Å². The SMILES string of the molecule is O=C1NCCc2c1sc1ncn(Cc3nnn(C[C@H](O)c4cc5cc(F)ccc5o4)n3)c(=O)c21. The maximum Gasteiger partial charge on any atom is 0.262 e. The van der Waals surface area contributed by atoms with Gasteiger partial charge in [-0.05, 0) is 41.5 Å². The molecule has 172 valence electrons. The van der Waals surface area contributed by atoms with Gasteiger partial charge in [0.1, 0.15) is 28.1 Å². The molecule has 1 aromatic carbocycles. The first-order chi connectivity index (χ1) is 16.5. The number of hydrogen-bond acceptors (Lipinski definition) is 9. The van der Waals surface area contributed by atoms with Gasteiger partial charge in [0.15, 0.2) is 5.82 Å². The molecule has 34 heavy (non-hydrogen) atoms. The van der Waals surface area contributed by atoms with Crippen molar-refractivity contribution in [1.82, 2.24) is 35.1 Å². The Morgan fingerprint density at radius 2 is 2.18 bits per heavy atom. The Labute approximate surface area is 193 Å². The number of carbonyl (C=O) groups excluding carboxylic acids is 1. The molecule has 1 aliphatic heterocycles. The molecular weight excluding hydrogens is 465 g/mol. The Morgan fingerprint density at radius 3 is 3.06 bits per heavy atom. The van der Waals surface area contributed by atoms with E-state index in [2.05, 4.69) is 25.7 Å². The predicted octanol–water partition coefficient (Wildman–Crippen LogP) is 1.40. The highest BCUT2D eigenvalue weighted by Gasteiger charge is 2.25. The number of tetrazole rings is 1. The number of aliphatic hydroxyl groups excluding tert-OH is 1. The first kappa shape index (κ1) is 20.6. The van der Waals surface area contributed by atoms with E-state index in [1.54, 1.807) is 6.07 Å². The van der Waals surface area contributed by atoms with Gasteiger partial charge >= 0.3 is 0 Å². The van der Waals surface area contributed by atoms with Crippen LogP contribution in [0.4, 0.5) is 4.39 Å². The van der Waals surface area contributed by atoms with Crippen LogP contribution in [0.3, 0.4) is 0 Å². The number of fused-ring (bicyclic) bond motifs is 4. The van der Waals surface area contributed by atoms with Gasteiger partial charge in [-0.25, -0.2) is 9.37 Å². The number of nitrogens with one attached hydrogen (secondary N) is 1. The fourth-order valence-electron chi connectivity index (χ4n) is 4.01. The van der Waals surface area contributed by atoms with Crippen molar-refractivity contribution < 1.29 is 18.7 Å². The summed E-state index contributed by atoms with van der Waals surface area (Å²) in [4.78, 5) is 31.8. The summed E-state index contributed by atoms with van der Waals surface area (Å²) in [7, 11) is 0. The average Bonchev–Trinajstić information content (AvgIpc) is 3.53. The Hall–Kier alpha value is -3.97. The van der Waals surface area contributed by atoms with Crippen molar-refractivity contribution in [3.8, 4) is 0 Å². The van der Waals surface area contributed by atoms with Crippen molar-refractivity contribution in [1.29, 1.82) is 0 Å². The smallest absolute Gasteiger partial charge is 0.262 e. The lowest BCUT2D eigenvalue weighted by Crippen LogP contribution is -2.31. The van der Waals surface area contributed by atoms with Gasteiger partial charge in [-0.2, -0.15) is 4.80 Å². The second-order valence-corrected chi connectivity index (χ2v) is 8.88. The first-order valence-corrected chi connectivity index (χ1v) is 11.2. The van der Waals surface area contributed by atoms with Crippen molar-refractivity contribution in [3.63, 3.8) is 0 Å². The summed E-state index contributed by atoms with van der Waals surface area (Å²) < 4.78 is 20.3. The lowest BCUT2D eigenvalue weighted by Gasteiger charge is -2.11. The molecular formula is C21H16FN7O4S. The Balaban J connectivity index is 1.23. The molecule has 1 amide bonds. The predicted molar refractivity (Wildman–Crippen MR) is 118 cm³/mol. The van der Waals surface area contributed by atoms with Crippen LogP contribution in [0.15, 0.2) is 39.8 Å². The molecule has 2 N–H and O–H groups in total. The van der Waals surface area contributed by atoms with Crippen LogP contribution in [0.5, 0.6) is 0 Å². The molecule has 1 atom stereocenters. The van der Waals surface area contributed by atoms with Gasteiger partial charge in [0.2, 0.25) is 0 Å². The number of hydrogen-bond donors (Lipinski definition) is 2. The van der Waals surface area contributed by atoms with Crippen LogP contribution < -0.4 is 10.9 Å². The number of nitrogens with zero attached hydrogens (tertiary/aromatic N) is 6. The summed E-state index contributed by atoms with van der Waals surface area (Å²) in [6.45, 7) is 0.456. The van der Waals surface area contributed by atoms with Gasteiger partial charge in [-0.3, -0.25) is 14.2 Å². The second-order valence-electron chi connectivity index (χ2n) is 7.88. The van der Waals surface area contributed by atoms with E-state index < -0.39 is 11.9 Å². The molecule has 5 aromatic rings. The van der Waals surface area contributed by atoms with E-state index in [1.165, 1.54) is 45.2 Å². The third kappa shape index (κ3) is 3.45. The summed E-state index contributed by atoms with van der Waals surface area (Å²) in [5.41, 5.74) is 0.905. The number of aliphatic hydroxyl groups is 1. The number of rotatable bonds is 5. The average molecular weight is 481 g/mol. The van der Waals surface area contributed by atoms with Crippen molar-refractivity contribution in [3.05, 3.63) is 68.8 Å². The zero-order chi connectivity index (χ0) is 23.4. The highest BCUT2D eigenvalue weighted by Crippen LogP contribution is 2.29. The van der Waals surface area contributed by atoms with E-state index in [1.807, 2.05) is 0 Å². The fourth-order valence-corrected chi connectivity index (χ4v) is 5.11. The third-order valence-electron chi connectivity index (χ3n) is 5.61. The lowest BCUT2D eigenvalue weighted by molar-refractivity contribution is 0.0950. The maximum atomic E-state index is 13.4. The molecule has 4 aromatic heterocycles. The first-order valence-electron chi connectivity index (χ1n) is 10.4. The van der Waals surface area contributed by atoms with Crippen LogP contribution in [0, 0.1) is 5.82 Å². The van der Waals surface area contributed by atoms with Gasteiger partial charge in [0.25, 0.3) is 11.5 Å². The van der Waals surface area contributed by atoms with Gasteiger partial charge in [0.05, 0.1) is 29.7 Å². The molecule has 0 aliphatic carbocycles. The number of thiophene rings is 1. The van der Waals surface area contributed by atoms with Gasteiger partial charge in [0, 0.05) is 11.9 Å². The van der Waals surface area contributed by atoms with Crippen molar-refractivity contribution in [2.45, 2.75) is 25.6 Å². The molecule has 13 heteroatoms. The van der Waals surface area contributed by atoms with Gasteiger partial charge < -0.3 is 14.8 Å². The summed E-state index contributed by atoms with van der Waals surface area (Å²) in [5, 5.41) is 26.4. The largest absolute Gasteiger partial charge is 0.458 e. The normalized spacial score (nSPS) is 14.5. The summed E-state index contributed by atoms with van der Waals surface area (Å²) >= 11 is 1.21. The van der Waals surface area contributed by atoms with Gasteiger partial charge in [-0.15, -0.1) is 21.5 Å². The minimum absolute atomic E-state index is 0.0264. The van der Waals surface area contributed by atoms with Crippen LogP contribution in [0.1, 0.15) is 32.9 Å². The van der Waals surface area contributed by atoms with Crippen LogP contribution in [0.2, 0.25) is 0 Å². The number of amides is 1. The number of benzene rings is 1. The van der Waals surface area contributed by atoms with Crippen LogP contribution in [-0.4, -0.2) is 47.3 Å². The van der Waals surface area contributed by atoms with Crippen molar-refractivity contribution in [2.75, 3.05) is 6.54 Å². The molecule has 0 spiro atoms. The molecule has 0 saturated heterocycles. The van der Waals surface area contributed by atoms with E-state index in [0.717, 1.165) is 5.56 Å². The van der Waals surface area contributed by atoms with Crippen molar-refractivity contribution in [2.24, 2.45) is 0 Å². The molecule has 0 unspecified atom stereocenters. The molecule has 0 saturated carbocycles. The summed E-state index contributed by atoms with van der Waals surface area (Å²) in [5.74, 6) is -0.0837. The molecule has 6 rings (SSSR count). The molecule has 1 aliphatic rings. The number of furan rings is 1. The summed E-state index contributed by atoms with van der Waals surface area (Å²) in [6.07, 6.45) is 0.887. The number of carbonyl (C=O) groups is 1. The van der Waals surface area contributed by atoms with E-state index in [0.29, 0.717) is 39.0 Å². The van der Waals surface area contributed by atoms with E-state index in [9.17, 15) is 19.1 Å². The molecule has 0 bridgehead atoms. The molecule has 0 fully saturated rings. The van der Waals surface area contributed by atoms with Crippen LogP contribution in [0.25, 0.3) is 21.2 Å². The summed E-state index contributed by atoms with van der Waals surface area (Å²) in [6, 6.07) is 5.65. The molecule has 0 radical (unpaired) electrons. The number of halogens is 1. The fraction of sp³-hybridized carbons (Fsp3) is 0.238. The minimum atomic E-state index is -1.08. The second kappa shape index (κ2) is 7.81. The zero-order valence-corrected chi connectivity index (χ0v) is 18.3.